The highest BCUT2D eigenvalue weighted by Gasteiger charge is 2.10. The topological polar surface area (TPSA) is 54.9 Å². The van der Waals surface area contributed by atoms with Gasteiger partial charge in [0.15, 0.2) is 4.34 Å². The second-order valence-corrected chi connectivity index (χ2v) is 8.03. The fourth-order valence-electron chi connectivity index (χ4n) is 2.84. The van der Waals surface area contributed by atoms with Crippen LogP contribution in [0.1, 0.15) is 19.8 Å². The average molecular weight is 380 g/mol. The quantitative estimate of drug-likeness (QED) is 0.470. The first kappa shape index (κ1) is 17.0. The molecule has 130 valence electrons. The summed E-state index contributed by atoms with van der Waals surface area (Å²) in [6.07, 6.45) is 5.16. The lowest BCUT2D eigenvalue weighted by molar-refractivity contribution is -0.119. The summed E-state index contributed by atoms with van der Waals surface area (Å²) in [5, 5.41) is 2.30. The Bertz CT molecular complexity index is 1090. The van der Waals surface area contributed by atoms with Gasteiger partial charge in [-0.2, -0.15) is 0 Å². The highest BCUT2D eigenvalue weighted by atomic mass is 32.2. The van der Waals surface area contributed by atoms with Gasteiger partial charge >= 0.3 is 0 Å². The SMILES string of the molecule is CCCC(=O)NSc1nc2cc(-c3cncc4ccccc34)ccc2s1. The Hall–Kier alpha value is -2.44. The van der Waals surface area contributed by atoms with E-state index in [0.717, 1.165) is 37.5 Å². The van der Waals surface area contributed by atoms with Crippen molar-refractivity contribution in [1.29, 1.82) is 0 Å². The van der Waals surface area contributed by atoms with Crippen molar-refractivity contribution in [2.45, 2.75) is 24.1 Å². The van der Waals surface area contributed by atoms with Crippen molar-refractivity contribution in [2.24, 2.45) is 0 Å². The number of thiazole rings is 1. The molecule has 0 saturated heterocycles. The predicted octanol–water partition coefficient (Wildman–Crippen LogP) is 5.43. The van der Waals surface area contributed by atoms with Crippen molar-refractivity contribution in [3.8, 4) is 11.1 Å². The van der Waals surface area contributed by atoms with Gasteiger partial charge in [0.05, 0.1) is 10.2 Å². The number of hydrogen-bond acceptors (Lipinski definition) is 5. The Morgan fingerprint density at radius 2 is 2.08 bits per heavy atom. The molecular formula is C20H17N3OS2. The van der Waals surface area contributed by atoms with Crippen molar-refractivity contribution < 1.29 is 4.79 Å². The Labute approximate surface area is 159 Å². The van der Waals surface area contributed by atoms with E-state index in [-0.39, 0.29) is 5.91 Å². The molecule has 1 N–H and O–H groups in total. The van der Waals surface area contributed by atoms with Crippen LogP contribution in [0.25, 0.3) is 32.1 Å². The highest BCUT2D eigenvalue weighted by Crippen LogP contribution is 2.33. The van der Waals surface area contributed by atoms with Gasteiger partial charge in [-0.1, -0.05) is 37.3 Å². The molecule has 1 amide bonds. The van der Waals surface area contributed by atoms with E-state index in [0.29, 0.717) is 6.42 Å². The van der Waals surface area contributed by atoms with E-state index < -0.39 is 0 Å². The molecule has 2 heterocycles. The zero-order valence-electron chi connectivity index (χ0n) is 14.2. The average Bonchev–Trinajstić information content (AvgIpc) is 3.08. The van der Waals surface area contributed by atoms with E-state index in [1.165, 1.54) is 17.3 Å². The number of aromatic nitrogens is 2. The molecule has 0 radical (unpaired) electrons. The maximum absolute atomic E-state index is 11.6. The van der Waals surface area contributed by atoms with E-state index in [9.17, 15) is 4.79 Å². The van der Waals surface area contributed by atoms with Gasteiger partial charge in [-0.25, -0.2) is 4.98 Å². The minimum atomic E-state index is 0.0410. The fraction of sp³-hybridized carbons (Fsp3) is 0.150. The minimum absolute atomic E-state index is 0.0410. The molecule has 0 atom stereocenters. The van der Waals surface area contributed by atoms with Crippen LogP contribution < -0.4 is 4.72 Å². The first-order chi connectivity index (χ1) is 12.7. The maximum Gasteiger partial charge on any atom is 0.230 e. The van der Waals surface area contributed by atoms with E-state index >= 15 is 0 Å². The number of rotatable bonds is 5. The molecule has 0 unspecified atom stereocenters. The minimum Gasteiger partial charge on any atom is -0.294 e. The number of amides is 1. The van der Waals surface area contributed by atoms with Crippen LogP contribution in [-0.2, 0) is 4.79 Å². The standard InChI is InChI=1S/C20H17N3OS2/c1-2-5-19(24)23-26-20-22-17-10-13(8-9-18(17)25-20)16-12-21-11-14-6-3-4-7-15(14)16/h3-4,6-12H,2,5H2,1H3,(H,23,24). The largest absolute Gasteiger partial charge is 0.294 e. The Morgan fingerprint density at radius 3 is 2.96 bits per heavy atom. The first-order valence-electron chi connectivity index (χ1n) is 8.44. The molecule has 0 bridgehead atoms. The molecular weight excluding hydrogens is 362 g/mol. The second kappa shape index (κ2) is 7.43. The van der Waals surface area contributed by atoms with Crippen molar-refractivity contribution in [1.82, 2.24) is 14.7 Å². The van der Waals surface area contributed by atoms with Crippen LogP contribution in [-0.4, -0.2) is 15.9 Å². The molecule has 6 heteroatoms. The van der Waals surface area contributed by atoms with Crippen molar-refractivity contribution in [2.75, 3.05) is 0 Å². The molecule has 0 aliphatic heterocycles. The van der Waals surface area contributed by atoms with E-state index in [4.69, 9.17) is 0 Å². The van der Waals surface area contributed by atoms with Crippen LogP contribution in [0.5, 0.6) is 0 Å². The van der Waals surface area contributed by atoms with Gasteiger partial charge in [-0.15, -0.1) is 11.3 Å². The fourth-order valence-corrected chi connectivity index (χ4v) is 4.53. The molecule has 0 spiro atoms. The van der Waals surface area contributed by atoms with Gasteiger partial charge in [0, 0.05) is 41.7 Å². The number of carbonyl (C=O) groups excluding carboxylic acids is 1. The van der Waals surface area contributed by atoms with E-state index in [2.05, 4.69) is 45.0 Å². The van der Waals surface area contributed by atoms with Crippen LogP contribution in [0.2, 0.25) is 0 Å². The molecule has 26 heavy (non-hydrogen) atoms. The number of benzene rings is 2. The third-order valence-electron chi connectivity index (χ3n) is 4.08. The summed E-state index contributed by atoms with van der Waals surface area (Å²) in [6.45, 7) is 1.99. The predicted molar refractivity (Wildman–Crippen MR) is 109 cm³/mol. The van der Waals surface area contributed by atoms with Gasteiger partial charge in [0.25, 0.3) is 0 Å². The molecule has 0 aliphatic rings. The van der Waals surface area contributed by atoms with Gasteiger partial charge in [0.2, 0.25) is 5.91 Å². The summed E-state index contributed by atoms with van der Waals surface area (Å²) in [5.41, 5.74) is 3.13. The second-order valence-electron chi connectivity index (χ2n) is 5.95. The van der Waals surface area contributed by atoms with Crippen LogP contribution >= 0.6 is 23.3 Å². The summed E-state index contributed by atoms with van der Waals surface area (Å²) in [4.78, 5) is 20.7. The lowest BCUT2D eigenvalue weighted by atomic mass is 10.0. The van der Waals surface area contributed by atoms with Crippen LogP contribution in [0, 0.1) is 0 Å². The molecule has 4 aromatic rings. The van der Waals surface area contributed by atoms with Crippen LogP contribution in [0.3, 0.4) is 0 Å². The monoisotopic (exact) mass is 379 g/mol. The van der Waals surface area contributed by atoms with Gasteiger partial charge in [0.1, 0.15) is 0 Å². The number of fused-ring (bicyclic) bond motifs is 2. The Balaban J connectivity index is 1.66. The highest BCUT2D eigenvalue weighted by molar-refractivity contribution is 7.99. The summed E-state index contributed by atoms with van der Waals surface area (Å²) in [5.74, 6) is 0.0410. The van der Waals surface area contributed by atoms with Gasteiger partial charge in [-0.3, -0.25) is 14.5 Å². The molecule has 2 aromatic carbocycles. The molecule has 2 aromatic heterocycles. The number of pyridine rings is 1. The lowest BCUT2D eigenvalue weighted by Gasteiger charge is -2.06. The summed E-state index contributed by atoms with van der Waals surface area (Å²) >= 11 is 2.88. The molecule has 0 aliphatic carbocycles. The van der Waals surface area contributed by atoms with Crippen LogP contribution in [0.15, 0.2) is 59.2 Å². The van der Waals surface area contributed by atoms with Crippen molar-refractivity contribution in [3.63, 3.8) is 0 Å². The summed E-state index contributed by atoms with van der Waals surface area (Å²) in [6, 6.07) is 14.5. The molecule has 0 fully saturated rings. The van der Waals surface area contributed by atoms with Crippen LogP contribution in [0.4, 0.5) is 0 Å². The van der Waals surface area contributed by atoms with Crippen molar-refractivity contribution in [3.05, 3.63) is 54.9 Å². The van der Waals surface area contributed by atoms with E-state index in [1.807, 2.05) is 31.5 Å². The zero-order chi connectivity index (χ0) is 17.9. The zero-order valence-corrected chi connectivity index (χ0v) is 15.9. The third kappa shape index (κ3) is 3.43. The normalized spacial score (nSPS) is 11.1. The van der Waals surface area contributed by atoms with E-state index in [1.54, 1.807) is 11.3 Å². The maximum atomic E-state index is 11.6. The number of carbonyl (C=O) groups is 1. The first-order valence-corrected chi connectivity index (χ1v) is 10.1. The smallest absolute Gasteiger partial charge is 0.230 e. The third-order valence-corrected chi connectivity index (χ3v) is 6.00. The molecule has 0 saturated carbocycles. The number of nitrogens with one attached hydrogen (secondary N) is 1. The molecule has 4 nitrogen and oxygen atoms in total. The van der Waals surface area contributed by atoms with Gasteiger partial charge < -0.3 is 0 Å². The summed E-state index contributed by atoms with van der Waals surface area (Å²) in [7, 11) is 0. The molecule has 4 rings (SSSR count). The lowest BCUT2D eigenvalue weighted by Crippen LogP contribution is -2.14. The Morgan fingerprint density at radius 1 is 1.19 bits per heavy atom. The number of nitrogens with zero attached hydrogens (tertiary/aromatic N) is 2. The number of hydrogen-bond donors (Lipinski definition) is 1. The van der Waals surface area contributed by atoms with Crippen molar-refractivity contribution >= 4 is 50.2 Å². The summed E-state index contributed by atoms with van der Waals surface area (Å²) < 4.78 is 4.80. The van der Waals surface area contributed by atoms with Gasteiger partial charge in [-0.05, 0) is 29.5 Å². The Kier molecular flexibility index (Phi) is 4.86.